The molecule has 3 aromatic rings. The lowest BCUT2D eigenvalue weighted by Gasteiger charge is -2.18. The average Bonchev–Trinajstić information content (AvgIpc) is 2.66. The van der Waals surface area contributed by atoms with Crippen molar-refractivity contribution in [1.82, 2.24) is 14.9 Å². The molecule has 0 spiro atoms. The van der Waals surface area contributed by atoms with Crippen LogP contribution in [-0.2, 0) is 11.3 Å². The predicted octanol–water partition coefficient (Wildman–Crippen LogP) is 3.36. The number of fused-ring (bicyclic) bond motifs is 1. The van der Waals surface area contributed by atoms with E-state index in [0.717, 1.165) is 12.0 Å². The van der Waals surface area contributed by atoms with Gasteiger partial charge < -0.3 is 5.32 Å². The molecule has 1 unspecified atom stereocenters. The summed E-state index contributed by atoms with van der Waals surface area (Å²) in [5.41, 5.74) is 2.84. The van der Waals surface area contributed by atoms with Crippen LogP contribution in [0.3, 0.4) is 0 Å². The molecule has 0 fully saturated rings. The van der Waals surface area contributed by atoms with Gasteiger partial charge in [0.25, 0.3) is 5.56 Å². The fourth-order valence-corrected chi connectivity index (χ4v) is 2.97. The Morgan fingerprint density at radius 1 is 1.15 bits per heavy atom. The molecule has 26 heavy (non-hydrogen) atoms. The van der Waals surface area contributed by atoms with Gasteiger partial charge in [0.2, 0.25) is 5.91 Å². The van der Waals surface area contributed by atoms with Gasteiger partial charge in [-0.25, -0.2) is 4.98 Å². The van der Waals surface area contributed by atoms with Crippen LogP contribution in [-0.4, -0.2) is 15.5 Å². The molecule has 134 valence electrons. The van der Waals surface area contributed by atoms with E-state index in [2.05, 4.69) is 10.3 Å². The summed E-state index contributed by atoms with van der Waals surface area (Å²) in [6.07, 6.45) is 2.56. The maximum Gasteiger partial charge on any atom is 0.261 e. The van der Waals surface area contributed by atoms with Gasteiger partial charge in [-0.3, -0.25) is 14.2 Å². The first-order valence-corrected chi connectivity index (χ1v) is 8.88. The summed E-state index contributed by atoms with van der Waals surface area (Å²) in [7, 11) is 0. The maximum absolute atomic E-state index is 12.5. The first kappa shape index (κ1) is 17.9. The molecule has 0 radical (unpaired) electrons. The largest absolute Gasteiger partial charge is 0.349 e. The van der Waals surface area contributed by atoms with E-state index in [1.165, 1.54) is 16.5 Å². The van der Waals surface area contributed by atoms with Gasteiger partial charge in [-0.1, -0.05) is 48.9 Å². The third kappa shape index (κ3) is 3.99. The van der Waals surface area contributed by atoms with Gasteiger partial charge in [0.1, 0.15) is 0 Å². The molecule has 0 saturated carbocycles. The van der Waals surface area contributed by atoms with Crippen molar-refractivity contribution < 1.29 is 4.79 Å². The van der Waals surface area contributed by atoms with Crippen LogP contribution in [0.4, 0.5) is 0 Å². The van der Waals surface area contributed by atoms with E-state index in [1.54, 1.807) is 12.1 Å². The molecule has 0 bridgehead atoms. The van der Waals surface area contributed by atoms with Crippen LogP contribution in [0.5, 0.6) is 0 Å². The molecular weight excluding hydrogens is 326 g/mol. The number of rotatable bonds is 6. The highest BCUT2D eigenvalue weighted by Gasteiger charge is 2.13. The van der Waals surface area contributed by atoms with Gasteiger partial charge in [-0.2, -0.15) is 0 Å². The Morgan fingerprint density at radius 3 is 2.62 bits per heavy atom. The van der Waals surface area contributed by atoms with E-state index in [1.807, 2.05) is 50.2 Å². The molecular formula is C21H23N3O2. The summed E-state index contributed by atoms with van der Waals surface area (Å²) < 4.78 is 1.49. The third-order valence-electron chi connectivity index (χ3n) is 4.53. The Morgan fingerprint density at radius 2 is 1.88 bits per heavy atom. The van der Waals surface area contributed by atoms with Crippen LogP contribution in [0.1, 0.15) is 36.9 Å². The van der Waals surface area contributed by atoms with Crippen molar-refractivity contribution in [2.45, 2.75) is 39.3 Å². The molecule has 1 heterocycles. The van der Waals surface area contributed by atoms with Crippen LogP contribution in [0.25, 0.3) is 10.9 Å². The molecule has 5 heteroatoms. The van der Waals surface area contributed by atoms with Crippen molar-refractivity contribution in [3.8, 4) is 0 Å². The minimum Gasteiger partial charge on any atom is -0.349 e. The second kappa shape index (κ2) is 7.95. The van der Waals surface area contributed by atoms with Crippen LogP contribution in [0, 0.1) is 6.92 Å². The predicted molar refractivity (Wildman–Crippen MR) is 103 cm³/mol. The summed E-state index contributed by atoms with van der Waals surface area (Å²) in [4.78, 5) is 29.1. The maximum atomic E-state index is 12.5. The molecule has 1 N–H and O–H groups in total. The SMILES string of the molecule is CCC(NC(=O)CCn1cnc2ccccc2c1=O)c1ccc(C)cc1. The standard InChI is InChI=1S/C21H23N3O2/c1-3-18(16-10-8-15(2)9-11-16)23-20(25)12-13-24-14-22-19-7-5-4-6-17(19)21(24)26/h4-11,14,18H,3,12-13H2,1-2H3,(H,23,25). The quantitative estimate of drug-likeness (QED) is 0.742. The highest BCUT2D eigenvalue weighted by molar-refractivity contribution is 5.77. The molecule has 1 aromatic heterocycles. The molecule has 0 aliphatic rings. The summed E-state index contributed by atoms with van der Waals surface area (Å²) in [5, 5.41) is 3.63. The summed E-state index contributed by atoms with van der Waals surface area (Å²) in [5.74, 6) is -0.0718. The third-order valence-corrected chi connectivity index (χ3v) is 4.53. The molecule has 0 saturated heterocycles. The fraction of sp³-hybridized carbons (Fsp3) is 0.286. The number of nitrogens with one attached hydrogen (secondary N) is 1. The number of carbonyl (C=O) groups excluding carboxylic acids is 1. The highest BCUT2D eigenvalue weighted by atomic mass is 16.2. The molecule has 0 aliphatic carbocycles. The van der Waals surface area contributed by atoms with Gasteiger partial charge in [0.05, 0.1) is 23.3 Å². The van der Waals surface area contributed by atoms with Gasteiger partial charge >= 0.3 is 0 Å². The van der Waals surface area contributed by atoms with Crippen molar-refractivity contribution >= 4 is 16.8 Å². The monoisotopic (exact) mass is 349 g/mol. The van der Waals surface area contributed by atoms with Gasteiger partial charge in [0.15, 0.2) is 0 Å². The van der Waals surface area contributed by atoms with E-state index in [4.69, 9.17) is 0 Å². The molecule has 0 aliphatic heterocycles. The molecule has 3 rings (SSSR count). The number of aryl methyl sites for hydroxylation is 2. The summed E-state index contributed by atoms with van der Waals surface area (Å²) >= 11 is 0. The van der Waals surface area contributed by atoms with Crippen molar-refractivity contribution in [2.24, 2.45) is 0 Å². The summed E-state index contributed by atoms with van der Waals surface area (Å²) in [6, 6.07) is 15.4. The number of nitrogens with zero attached hydrogens (tertiary/aromatic N) is 2. The number of carbonyl (C=O) groups is 1. The highest BCUT2D eigenvalue weighted by Crippen LogP contribution is 2.17. The Balaban J connectivity index is 1.66. The first-order valence-electron chi connectivity index (χ1n) is 8.88. The van der Waals surface area contributed by atoms with Crippen LogP contribution in [0.2, 0.25) is 0 Å². The van der Waals surface area contributed by atoms with Crippen LogP contribution in [0.15, 0.2) is 59.7 Å². The van der Waals surface area contributed by atoms with E-state index >= 15 is 0 Å². The van der Waals surface area contributed by atoms with E-state index in [0.29, 0.717) is 17.4 Å². The van der Waals surface area contributed by atoms with E-state index in [9.17, 15) is 9.59 Å². The lowest BCUT2D eigenvalue weighted by Crippen LogP contribution is -2.30. The Kier molecular flexibility index (Phi) is 5.46. The number of hydrogen-bond acceptors (Lipinski definition) is 3. The van der Waals surface area contributed by atoms with Gasteiger partial charge in [-0.15, -0.1) is 0 Å². The zero-order valence-electron chi connectivity index (χ0n) is 15.1. The minimum absolute atomic E-state index is 0.0189. The number of hydrogen-bond donors (Lipinski definition) is 1. The summed E-state index contributed by atoms with van der Waals surface area (Å²) in [6.45, 7) is 4.40. The average molecular weight is 349 g/mol. The minimum atomic E-state index is -0.117. The normalized spacial score (nSPS) is 12.1. The Bertz CT molecular complexity index is 961. The number of aromatic nitrogens is 2. The number of benzene rings is 2. The second-order valence-electron chi connectivity index (χ2n) is 6.45. The Labute approximate surface area is 152 Å². The molecule has 1 atom stereocenters. The van der Waals surface area contributed by atoms with Crippen molar-refractivity contribution in [2.75, 3.05) is 0 Å². The van der Waals surface area contributed by atoms with Crippen molar-refractivity contribution in [3.63, 3.8) is 0 Å². The van der Waals surface area contributed by atoms with Crippen LogP contribution >= 0.6 is 0 Å². The van der Waals surface area contributed by atoms with Gasteiger partial charge in [0, 0.05) is 13.0 Å². The fourth-order valence-electron chi connectivity index (χ4n) is 2.97. The van der Waals surface area contributed by atoms with Crippen LogP contribution < -0.4 is 10.9 Å². The van der Waals surface area contributed by atoms with E-state index in [-0.39, 0.29) is 23.9 Å². The second-order valence-corrected chi connectivity index (χ2v) is 6.45. The first-order chi connectivity index (χ1) is 12.6. The molecule has 2 aromatic carbocycles. The van der Waals surface area contributed by atoms with Crippen molar-refractivity contribution in [1.29, 1.82) is 0 Å². The number of para-hydroxylation sites is 1. The zero-order chi connectivity index (χ0) is 18.5. The lowest BCUT2D eigenvalue weighted by atomic mass is 10.0. The lowest BCUT2D eigenvalue weighted by molar-refractivity contribution is -0.122. The van der Waals surface area contributed by atoms with Crippen molar-refractivity contribution in [3.05, 3.63) is 76.3 Å². The smallest absolute Gasteiger partial charge is 0.261 e. The Hall–Kier alpha value is -2.95. The number of amides is 1. The van der Waals surface area contributed by atoms with E-state index < -0.39 is 0 Å². The topological polar surface area (TPSA) is 64.0 Å². The van der Waals surface area contributed by atoms with Gasteiger partial charge in [-0.05, 0) is 31.0 Å². The molecule has 1 amide bonds. The molecule has 5 nitrogen and oxygen atoms in total. The zero-order valence-corrected chi connectivity index (χ0v) is 15.1.